The number of esters is 1. The van der Waals surface area contributed by atoms with Crippen LogP contribution >= 0.6 is 0 Å². The number of benzene rings is 2. The molecule has 1 atom stereocenters. The fourth-order valence-corrected chi connectivity index (χ4v) is 4.53. The molecule has 3 heterocycles. The zero-order valence-electron chi connectivity index (χ0n) is 18.6. The zero-order chi connectivity index (χ0) is 23.7. The molecule has 0 saturated carbocycles. The molecule has 0 fully saturated rings. The summed E-state index contributed by atoms with van der Waals surface area (Å²) in [6, 6.07) is 16.7. The van der Waals surface area contributed by atoms with Gasteiger partial charge in [-0.25, -0.2) is 23.8 Å². The van der Waals surface area contributed by atoms with Crippen molar-refractivity contribution in [2.45, 2.75) is 31.8 Å². The first-order valence-electron chi connectivity index (χ1n) is 11.1. The van der Waals surface area contributed by atoms with Gasteiger partial charge in [0, 0.05) is 19.2 Å². The van der Waals surface area contributed by atoms with Crippen molar-refractivity contribution in [3.05, 3.63) is 94.4 Å². The van der Waals surface area contributed by atoms with Crippen LogP contribution < -0.4 is 5.56 Å². The quantitative estimate of drug-likeness (QED) is 0.422. The maximum absolute atomic E-state index is 13.7. The third-order valence-corrected chi connectivity index (χ3v) is 6.08. The third kappa shape index (κ3) is 3.91. The summed E-state index contributed by atoms with van der Waals surface area (Å²) in [5, 5.41) is 0. The standard InChI is InChI=1S/C26H23FN4O3/c1-34-26(33)21-8-5-15-30-24(23(25(32)31(21)30)18-9-11-19(27)12-10-18)20-13-14-28-22(29-20)16-17-6-3-2-4-7-17/h2-4,6-7,9-14,21H,5,8,15-16H2,1H3. The maximum Gasteiger partial charge on any atom is 0.330 e. The molecule has 7 nitrogen and oxygen atoms in total. The summed E-state index contributed by atoms with van der Waals surface area (Å²) in [6.45, 7) is 0.539. The fourth-order valence-electron chi connectivity index (χ4n) is 4.53. The van der Waals surface area contributed by atoms with Gasteiger partial charge < -0.3 is 4.74 Å². The van der Waals surface area contributed by atoms with E-state index in [0.717, 1.165) is 5.56 Å². The predicted molar refractivity (Wildman–Crippen MR) is 125 cm³/mol. The van der Waals surface area contributed by atoms with Gasteiger partial charge in [-0.15, -0.1) is 0 Å². The van der Waals surface area contributed by atoms with E-state index in [0.29, 0.717) is 54.1 Å². The van der Waals surface area contributed by atoms with Crippen LogP contribution in [-0.4, -0.2) is 32.4 Å². The lowest BCUT2D eigenvalue weighted by Gasteiger charge is -2.26. The van der Waals surface area contributed by atoms with Crippen LogP contribution in [0.3, 0.4) is 0 Å². The summed E-state index contributed by atoms with van der Waals surface area (Å²) < 4.78 is 21.9. The Labute approximate surface area is 195 Å². The van der Waals surface area contributed by atoms with Crippen molar-refractivity contribution >= 4 is 5.97 Å². The van der Waals surface area contributed by atoms with Gasteiger partial charge in [-0.2, -0.15) is 0 Å². The molecular formula is C26H23FN4O3. The average molecular weight is 458 g/mol. The molecular weight excluding hydrogens is 435 g/mol. The number of ether oxygens (including phenoxy) is 1. The fraction of sp³-hybridized carbons (Fsp3) is 0.231. The summed E-state index contributed by atoms with van der Waals surface area (Å²) >= 11 is 0. The van der Waals surface area contributed by atoms with Gasteiger partial charge in [-0.05, 0) is 42.2 Å². The number of nitrogens with zero attached hydrogens (tertiary/aromatic N) is 4. The molecule has 0 N–H and O–H groups in total. The number of methoxy groups -OCH3 is 1. The second-order valence-corrected chi connectivity index (χ2v) is 8.21. The van der Waals surface area contributed by atoms with Crippen LogP contribution in [0.1, 0.15) is 30.3 Å². The van der Waals surface area contributed by atoms with Crippen LogP contribution in [0.5, 0.6) is 0 Å². The summed E-state index contributed by atoms with van der Waals surface area (Å²) in [6.07, 6.45) is 3.41. The number of carbonyl (C=O) groups excluding carboxylic acids is 1. The minimum atomic E-state index is -0.732. The topological polar surface area (TPSA) is 79.0 Å². The highest BCUT2D eigenvalue weighted by Crippen LogP contribution is 2.34. The molecule has 8 heteroatoms. The molecule has 0 radical (unpaired) electrons. The molecule has 0 aliphatic carbocycles. The highest BCUT2D eigenvalue weighted by Gasteiger charge is 2.34. The second-order valence-electron chi connectivity index (χ2n) is 8.21. The highest BCUT2D eigenvalue weighted by atomic mass is 19.1. The van der Waals surface area contributed by atoms with Gasteiger partial charge in [0.25, 0.3) is 5.56 Å². The molecule has 5 rings (SSSR count). The van der Waals surface area contributed by atoms with E-state index in [-0.39, 0.29) is 5.56 Å². The number of halogens is 1. The van der Waals surface area contributed by atoms with Gasteiger partial charge in [-0.3, -0.25) is 9.48 Å². The van der Waals surface area contributed by atoms with Gasteiger partial charge >= 0.3 is 5.97 Å². The van der Waals surface area contributed by atoms with Gasteiger partial charge in [0.2, 0.25) is 0 Å². The van der Waals surface area contributed by atoms with E-state index in [2.05, 4.69) is 4.98 Å². The van der Waals surface area contributed by atoms with E-state index in [1.54, 1.807) is 29.1 Å². The molecule has 2 aromatic carbocycles. The van der Waals surface area contributed by atoms with E-state index in [1.807, 2.05) is 30.3 Å². The van der Waals surface area contributed by atoms with E-state index in [4.69, 9.17) is 9.72 Å². The van der Waals surface area contributed by atoms with Crippen LogP contribution in [0.4, 0.5) is 4.39 Å². The van der Waals surface area contributed by atoms with Crippen molar-refractivity contribution in [2.75, 3.05) is 7.11 Å². The lowest BCUT2D eigenvalue weighted by atomic mass is 10.0. The van der Waals surface area contributed by atoms with Crippen molar-refractivity contribution in [3.63, 3.8) is 0 Å². The van der Waals surface area contributed by atoms with Crippen LogP contribution in [0.2, 0.25) is 0 Å². The normalized spacial score (nSPS) is 15.1. The Morgan fingerprint density at radius 1 is 1.12 bits per heavy atom. The molecule has 0 saturated heterocycles. The van der Waals surface area contributed by atoms with Crippen molar-refractivity contribution in [3.8, 4) is 22.5 Å². The lowest BCUT2D eigenvalue weighted by molar-refractivity contribution is -0.146. The van der Waals surface area contributed by atoms with Gasteiger partial charge in [0.15, 0.2) is 6.04 Å². The highest BCUT2D eigenvalue weighted by molar-refractivity contribution is 5.81. The SMILES string of the molecule is COC(=O)C1CCCn2c(-c3ccnc(Cc4ccccc4)n3)c(-c3ccc(F)cc3)c(=O)n21. The Hall–Kier alpha value is -4.07. The summed E-state index contributed by atoms with van der Waals surface area (Å²) in [5.74, 6) is -0.249. The van der Waals surface area contributed by atoms with Gasteiger partial charge in [0.1, 0.15) is 11.6 Å². The Bertz CT molecular complexity index is 1390. The first-order valence-corrected chi connectivity index (χ1v) is 11.1. The molecule has 4 aromatic rings. The number of hydrogen-bond donors (Lipinski definition) is 0. The summed E-state index contributed by atoms with van der Waals surface area (Å²) in [4.78, 5) is 35.4. The first-order chi connectivity index (χ1) is 16.6. The van der Waals surface area contributed by atoms with Gasteiger partial charge in [-0.1, -0.05) is 42.5 Å². The Morgan fingerprint density at radius 2 is 1.88 bits per heavy atom. The van der Waals surface area contributed by atoms with Crippen LogP contribution in [0.15, 0.2) is 71.7 Å². The number of rotatable bonds is 5. The van der Waals surface area contributed by atoms with Gasteiger partial charge in [0.05, 0.1) is 24.1 Å². The molecule has 2 aromatic heterocycles. The number of carbonyl (C=O) groups is 1. The maximum atomic E-state index is 13.7. The Balaban J connectivity index is 1.70. The summed E-state index contributed by atoms with van der Waals surface area (Å²) in [5.41, 5.74) is 2.83. The number of fused-ring (bicyclic) bond motifs is 1. The number of hydrogen-bond acceptors (Lipinski definition) is 5. The second kappa shape index (κ2) is 9.05. The van der Waals surface area contributed by atoms with E-state index >= 15 is 0 Å². The van der Waals surface area contributed by atoms with Crippen molar-refractivity contribution < 1.29 is 13.9 Å². The molecule has 172 valence electrons. The minimum Gasteiger partial charge on any atom is -0.467 e. The van der Waals surface area contributed by atoms with E-state index < -0.39 is 17.8 Å². The molecule has 0 amide bonds. The van der Waals surface area contributed by atoms with Crippen LogP contribution in [0.25, 0.3) is 22.5 Å². The van der Waals surface area contributed by atoms with Crippen molar-refractivity contribution in [1.29, 1.82) is 0 Å². The third-order valence-electron chi connectivity index (χ3n) is 6.08. The molecule has 0 spiro atoms. The largest absolute Gasteiger partial charge is 0.467 e. The van der Waals surface area contributed by atoms with Crippen molar-refractivity contribution in [2.24, 2.45) is 0 Å². The Kier molecular flexibility index (Phi) is 5.79. The molecule has 34 heavy (non-hydrogen) atoms. The van der Waals surface area contributed by atoms with E-state index in [9.17, 15) is 14.0 Å². The predicted octanol–water partition coefficient (Wildman–Crippen LogP) is 4.01. The van der Waals surface area contributed by atoms with Crippen LogP contribution in [0, 0.1) is 5.82 Å². The first kappa shape index (κ1) is 21.8. The smallest absolute Gasteiger partial charge is 0.330 e. The molecule has 1 aliphatic rings. The Morgan fingerprint density at radius 3 is 2.62 bits per heavy atom. The summed E-state index contributed by atoms with van der Waals surface area (Å²) in [7, 11) is 1.32. The molecule has 0 bridgehead atoms. The lowest BCUT2D eigenvalue weighted by Crippen LogP contribution is -2.37. The molecule has 1 unspecified atom stereocenters. The average Bonchev–Trinajstić information content (AvgIpc) is 3.17. The van der Waals surface area contributed by atoms with Crippen LogP contribution in [-0.2, 0) is 22.5 Å². The number of aromatic nitrogens is 4. The monoisotopic (exact) mass is 458 g/mol. The molecule has 1 aliphatic heterocycles. The minimum absolute atomic E-state index is 0.333. The zero-order valence-corrected chi connectivity index (χ0v) is 18.6. The van der Waals surface area contributed by atoms with E-state index in [1.165, 1.54) is 23.9 Å². The van der Waals surface area contributed by atoms with Crippen molar-refractivity contribution in [1.82, 2.24) is 19.3 Å².